The van der Waals surface area contributed by atoms with Crippen molar-refractivity contribution in [2.24, 2.45) is 11.7 Å². The second-order valence-electron chi connectivity index (χ2n) is 6.24. The molecule has 1 aromatic rings. The van der Waals surface area contributed by atoms with Gasteiger partial charge in [0.05, 0.1) is 6.54 Å². The summed E-state index contributed by atoms with van der Waals surface area (Å²) in [6.45, 7) is 3.82. The van der Waals surface area contributed by atoms with E-state index in [2.05, 4.69) is 10.6 Å². The fourth-order valence-corrected chi connectivity index (χ4v) is 2.92. The molecular weight excluding hydrogens is 328 g/mol. The van der Waals surface area contributed by atoms with Crippen molar-refractivity contribution in [2.45, 2.75) is 32.4 Å². The number of urea groups is 1. The fraction of sp³-hybridized carbons (Fsp3) is 0.529. The molecule has 1 aliphatic rings. The molecule has 7 heteroatoms. The highest BCUT2D eigenvalue weighted by Gasteiger charge is 2.24. The van der Waals surface area contributed by atoms with Crippen LogP contribution in [-0.2, 0) is 11.3 Å². The van der Waals surface area contributed by atoms with E-state index in [0.29, 0.717) is 30.6 Å². The average Bonchev–Trinajstić information content (AvgIpc) is 2.59. The third-order valence-corrected chi connectivity index (χ3v) is 4.65. The van der Waals surface area contributed by atoms with E-state index in [1.54, 1.807) is 17.0 Å². The molecule has 0 radical (unpaired) electrons. The van der Waals surface area contributed by atoms with Crippen LogP contribution in [0.2, 0.25) is 5.02 Å². The summed E-state index contributed by atoms with van der Waals surface area (Å²) < 4.78 is 0. The van der Waals surface area contributed by atoms with Crippen LogP contribution in [0.25, 0.3) is 0 Å². The quantitative estimate of drug-likeness (QED) is 0.754. The van der Waals surface area contributed by atoms with Gasteiger partial charge in [0.15, 0.2) is 0 Å². The Kier molecular flexibility index (Phi) is 6.87. The van der Waals surface area contributed by atoms with Crippen molar-refractivity contribution in [1.82, 2.24) is 15.5 Å². The number of piperidine rings is 1. The zero-order chi connectivity index (χ0) is 17.5. The highest BCUT2D eigenvalue weighted by atomic mass is 35.5. The molecule has 1 aliphatic heterocycles. The molecule has 0 saturated carbocycles. The van der Waals surface area contributed by atoms with Gasteiger partial charge in [-0.25, -0.2) is 4.79 Å². The number of hydrogen-bond acceptors (Lipinski definition) is 3. The first-order chi connectivity index (χ1) is 11.5. The van der Waals surface area contributed by atoms with Crippen LogP contribution in [0.1, 0.15) is 25.3 Å². The van der Waals surface area contributed by atoms with E-state index in [-0.39, 0.29) is 24.5 Å². The van der Waals surface area contributed by atoms with Crippen molar-refractivity contribution in [3.8, 4) is 0 Å². The Balaban J connectivity index is 1.66. The number of nitrogens with zero attached hydrogens (tertiary/aromatic N) is 1. The van der Waals surface area contributed by atoms with Gasteiger partial charge in [0, 0.05) is 30.7 Å². The van der Waals surface area contributed by atoms with E-state index in [1.807, 2.05) is 19.1 Å². The Morgan fingerprint density at radius 2 is 1.88 bits per heavy atom. The minimum Gasteiger partial charge on any atom is -0.341 e. The topological polar surface area (TPSA) is 87.5 Å². The highest BCUT2D eigenvalue weighted by Crippen LogP contribution is 2.19. The maximum absolute atomic E-state index is 12.1. The van der Waals surface area contributed by atoms with Crippen LogP contribution in [0.5, 0.6) is 0 Å². The van der Waals surface area contributed by atoms with Crippen molar-refractivity contribution in [2.75, 3.05) is 19.6 Å². The van der Waals surface area contributed by atoms with Crippen molar-refractivity contribution in [3.05, 3.63) is 34.9 Å². The van der Waals surface area contributed by atoms with Crippen LogP contribution in [0.4, 0.5) is 4.79 Å². The number of rotatable bonds is 5. The number of likely N-dealkylation sites (tertiary alicyclic amines) is 1. The number of halogens is 1. The van der Waals surface area contributed by atoms with E-state index >= 15 is 0 Å². The summed E-state index contributed by atoms with van der Waals surface area (Å²) in [7, 11) is 0. The minimum atomic E-state index is -0.358. The summed E-state index contributed by atoms with van der Waals surface area (Å²) in [5, 5.41) is 5.98. The second kappa shape index (κ2) is 8.89. The molecular formula is C17H25ClN4O2. The van der Waals surface area contributed by atoms with Crippen molar-refractivity contribution >= 4 is 23.5 Å². The van der Waals surface area contributed by atoms with E-state index in [1.165, 1.54) is 0 Å². The van der Waals surface area contributed by atoms with Gasteiger partial charge in [-0.05, 0) is 43.4 Å². The smallest absolute Gasteiger partial charge is 0.315 e. The number of amides is 3. The second-order valence-corrected chi connectivity index (χ2v) is 6.68. The van der Waals surface area contributed by atoms with E-state index in [9.17, 15) is 9.59 Å². The first-order valence-corrected chi connectivity index (χ1v) is 8.63. The molecule has 2 rings (SSSR count). The number of carbonyl (C=O) groups excluding carboxylic acids is 2. The minimum absolute atomic E-state index is 0.00922. The van der Waals surface area contributed by atoms with Gasteiger partial charge >= 0.3 is 6.03 Å². The Morgan fingerprint density at radius 1 is 1.25 bits per heavy atom. The van der Waals surface area contributed by atoms with Crippen molar-refractivity contribution in [1.29, 1.82) is 0 Å². The molecule has 3 amide bonds. The van der Waals surface area contributed by atoms with Gasteiger partial charge in [0.1, 0.15) is 0 Å². The van der Waals surface area contributed by atoms with Gasteiger partial charge in [0.2, 0.25) is 5.91 Å². The molecule has 24 heavy (non-hydrogen) atoms. The summed E-state index contributed by atoms with van der Waals surface area (Å²) in [6.07, 6.45) is 1.85. The van der Waals surface area contributed by atoms with Crippen LogP contribution < -0.4 is 16.4 Å². The van der Waals surface area contributed by atoms with E-state index in [0.717, 1.165) is 18.4 Å². The van der Waals surface area contributed by atoms with Gasteiger partial charge < -0.3 is 21.3 Å². The summed E-state index contributed by atoms with van der Waals surface area (Å²) in [5.74, 6) is 0.421. The summed E-state index contributed by atoms with van der Waals surface area (Å²) >= 11 is 5.81. The van der Waals surface area contributed by atoms with Crippen LogP contribution in [0.15, 0.2) is 24.3 Å². The summed E-state index contributed by atoms with van der Waals surface area (Å²) in [5.41, 5.74) is 6.84. The molecule has 1 aromatic carbocycles. The maximum atomic E-state index is 12.1. The average molecular weight is 353 g/mol. The lowest BCUT2D eigenvalue weighted by Gasteiger charge is -2.33. The van der Waals surface area contributed by atoms with Gasteiger partial charge in [-0.15, -0.1) is 0 Å². The third-order valence-electron chi connectivity index (χ3n) is 4.40. The Labute approximate surface area is 147 Å². The number of benzene rings is 1. The molecule has 0 bridgehead atoms. The Hall–Kier alpha value is -1.79. The van der Waals surface area contributed by atoms with Crippen LogP contribution in [0.3, 0.4) is 0 Å². The van der Waals surface area contributed by atoms with E-state index < -0.39 is 0 Å². The molecule has 1 saturated heterocycles. The predicted molar refractivity (Wildman–Crippen MR) is 94.6 cm³/mol. The Morgan fingerprint density at radius 3 is 2.46 bits per heavy atom. The monoisotopic (exact) mass is 352 g/mol. The number of carbonyl (C=O) groups is 2. The Bertz CT molecular complexity index is 554. The standard InChI is InChI=1S/C17H25ClN4O2/c1-12(19)14-6-8-22(9-7-14)16(23)11-21-17(24)20-10-13-2-4-15(18)5-3-13/h2-5,12,14H,6-11,19H2,1H3,(H2,20,21,24). The third kappa shape index (κ3) is 5.69. The summed E-state index contributed by atoms with van der Waals surface area (Å²) in [6, 6.07) is 7.03. The fourth-order valence-electron chi connectivity index (χ4n) is 2.79. The lowest BCUT2D eigenvalue weighted by Crippen LogP contribution is -2.47. The zero-order valence-electron chi connectivity index (χ0n) is 13.9. The maximum Gasteiger partial charge on any atom is 0.315 e. The number of hydrogen-bond donors (Lipinski definition) is 3. The predicted octanol–water partition coefficient (Wildman–Crippen LogP) is 1.72. The zero-order valence-corrected chi connectivity index (χ0v) is 14.7. The molecule has 0 aliphatic carbocycles. The van der Waals surface area contributed by atoms with Crippen molar-refractivity contribution in [3.63, 3.8) is 0 Å². The SMILES string of the molecule is CC(N)C1CCN(C(=O)CNC(=O)NCc2ccc(Cl)cc2)CC1. The molecule has 0 aromatic heterocycles. The van der Waals surface area contributed by atoms with Gasteiger partial charge in [-0.1, -0.05) is 23.7 Å². The van der Waals surface area contributed by atoms with Gasteiger partial charge in [-0.2, -0.15) is 0 Å². The number of nitrogens with one attached hydrogen (secondary N) is 2. The molecule has 6 nitrogen and oxygen atoms in total. The van der Waals surface area contributed by atoms with Crippen LogP contribution in [-0.4, -0.2) is 42.5 Å². The highest BCUT2D eigenvalue weighted by molar-refractivity contribution is 6.30. The lowest BCUT2D eigenvalue weighted by molar-refractivity contribution is -0.131. The molecule has 0 spiro atoms. The molecule has 1 unspecified atom stereocenters. The first-order valence-electron chi connectivity index (χ1n) is 8.25. The largest absolute Gasteiger partial charge is 0.341 e. The lowest BCUT2D eigenvalue weighted by atomic mass is 9.91. The first kappa shape index (κ1) is 18.5. The van der Waals surface area contributed by atoms with Crippen LogP contribution >= 0.6 is 11.6 Å². The van der Waals surface area contributed by atoms with Crippen molar-refractivity contribution < 1.29 is 9.59 Å². The molecule has 1 atom stereocenters. The molecule has 1 heterocycles. The van der Waals surface area contributed by atoms with Crippen LogP contribution in [0, 0.1) is 5.92 Å². The molecule has 4 N–H and O–H groups in total. The molecule has 132 valence electrons. The van der Waals surface area contributed by atoms with Gasteiger partial charge in [-0.3, -0.25) is 4.79 Å². The summed E-state index contributed by atoms with van der Waals surface area (Å²) in [4.78, 5) is 25.7. The van der Waals surface area contributed by atoms with E-state index in [4.69, 9.17) is 17.3 Å². The number of nitrogens with two attached hydrogens (primary N) is 1. The molecule has 1 fully saturated rings. The normalized spacial score (nSPS) is 16.5. The van der Waals surface area contributed by atoms with Gasteiger partial charge in [0.25, 0.3) is 0 Å².